The molecule has 0 heterocycles. The van der Waals surface area contributed by atoms with E-state index >= 15 is 0 Å². The number of methoxy groups -OCH3 is 1. The summed E-state index contributed by atoms with van der Waals surface area (Å²) in [5, 5.41) is 11.6. The third kappa shape index (κ3) is 5.03. The van der Waals surface area contributed by atoms with E-state index in [0.717, 1.165) is 0 Å². The zero-order valence-electron chi connectivity index (χ0n) is 14.7. The smallest absolute Gasteiger partial charge is 0.242 e. The second-order valence-corrected chi connectivity index (χ2v) is 7.35. The van der Waals surface area contributed by atoms with Crippen LogP contribution in [-0.4, -0.2) is 28.0 Å². The van der Waals surface area contributed by atoms with Gasteiger partial charge in [-0.2, -0.15) is 5.26 Å². The van der Waals surface area contributed by atoms with Gasteiger partial charge in [0.2, 0.25) is 15.9 Å². The first-order valence-corrected chi connectivity index (χ1v) is 9.38. The highest BCUT2D eigenvalue weighted by molar-refractivity contribution is 7.89. The summed E-state index contributed by atoms with van der Waals surface area (Å²) >= 11 is 0. The molecule has 0 aromatic heterocycles. The largest absolute Gasteiger partial charge is 0.494 e. The van der Waals surface area contributed by atoms with Gasteiger partial charge < -0.3 is 10.1 Å². The Morgan fingerprint density at radius 3 is 2.63 bits per heavy atom. The van der Waals surface area contributed by atoms with E-state index in [9.17, 15) is 17.6 Å². The summed E-state index contributed by atoms with van der Waals surface area (Å²) in [4.78, 5) is 11.8. The fourth-order valence-electron chi connectivity index (χ4n) is 2.36. The molecule has 0 saturated heterocycles. The van der Waals surface area contributed by atoms with Gasteiger partial charge in [0.05, 0.1) is 30.2 Å². The number of nitriles is 1. The van der Waals surface area contributed by atoms with Gasteiger partial charge in [-0.05, 0) is 36.8 Å². The van der Waals surface area contributed by atoms with Gasteiger partial charge in [0.1, 0.15) is 6.07 Å². The Hall–Kier alpha value is -2.96. The molecular formula is C18H18FN3O4S. The molecule has 0 aliphatic heterocycles. The Morgan fingerprint density at radius 2 is 2.00 bits per heavy atom. The maximum atomic E-state index is 13.8. The number of rotatable bonds is 7. The third-order valence-corrected chi connectivity index (χ3v) is 5.23. The molecule has 2 aromatic carbocycles. The topological polar surface area (TPSA) is 108 Å². The average Bonchev–Trinajstić information content (AvgIpc) is 2.66. The number of sulfonamides is 1. The predicted molar refractivity (Wildman–Crippen MR) is 95.9 cm³/mol. The van der Waals surface area contributed by atoms with Gasteiger partial charge in [0.15, 0.2) is 11.6 Å². The number of ether oxygens (including phenoxy) is 1. The third-order valence-electron chi connectivity index (χ3n) is 3.77. The molecule has 9 heteroatoms. The summed E-state index contributed by atoms with van der Waals surface area (Å²) in [5.41, 5.74) is 0.479. The first-order valence-electron chi connectivity index (χ1n) is 7.90. The van der Waals surface area contributed by atoms with Gasteiger partial charge >= 0.3 is 0 Å². The number of amides is 1. The van der Waals surface area contributed by atoms with Gasteiger partial charge in [-0.1, -0.05) is 18.2 Å². The number of halogens is 1. The minimum Gasteiger partial charge on any atom is -0.494 e. The van der Waals surface area contributed by atoms with Crippen molar-refractivity contribution in [3.8, 4) is 11.8 Å². The molecule has 2 rings (SSSR count). The Labute approximate surface area is 156 Å². The number of hydrogen-bond acceptors (Lipinski definition) is 5. The Balaban J connectivity index is 2.01. The Morgan fingerprint density at radius 1 is 1.30 bits per heavy atom. The SMILES string of the molecule is COc1ccc([C@H](C)NC(=O)CNS(=O)(=O)c2ccccc2C#N)cc1F. The molecule has 0 bridgehead atoms. The van der Waals surface area contributed by atoms with Crippen LogP contribution in [0.25, 0.3) is 0 Å². The fourth-order valence-corrected chi connectivity index (χ4v) is 3.50. The molecule has 0 fully saturated rings. The number of carbonyl (C=O) groups is 1. The van der Waals surface area contributed by atoms with E-state index in [1.807, 2.05) is 0 Å². The lowest BCUT2D eigenvalue weighted by atomic mass is 10.1. The molecule has 0 unspecified atom stereocenters. The molecule has 27 heavy (non-hydrogen) atoms. The second-order valence-electron chi connectivity index (χ2n) is 5.62. The second kappa shape index (κ2) is 8.62. The summed E-state index contributed by atoms with van der Waals surface area (Å²) in [6.07, 6.45) is 0. The van der Waals surface area contributed by atoms with Crippen molar-refractivity contribution in [2.75, 3.05) is 13.7 Å². The lowest BCUT2D eigenvalue weighted by Crippen LogP contribution is -2.38. The van der Waals surface area contributed by atoms with Gasteiger partial charge in [-0.15, -0.1) is 0 Å². The zero-order valence-corrected chi connectivity index (χ0v) is 15.5. The molecule has 0 saturated carbocycles. The summed E-state index contributed by atoms with van der Waals surface area (Å²) < 4.78 is 45.3. The van der Waals surface area contributed by atoms with Gasteiger partial charge in [0, 0.05) is 0 Å². The van der Waals surface area contributed by atoms with E-state index in [2.05, 4.69) is 10.0 Å². The van der Waals surface area contributed by atoms with Crippen LogP contribution in [0.15, 0.2) is 47.4 Å². The average molecular weight is 391 g/mol. The number of hydrogen-bond donors (Lipinski definition) is 2. The Bertz CT molecular complexity index is 986. The van der Waals surface area contributed by atoms with E-state index in [0.29, 0.717) is 5.56 Å². The molecule has 2 aromatic rings. The quantitative estimate of drug-likeness (QED) is 0.749. The molecule has 0 radical (unpaired) electrons. The molecule has 0 spiro atoms. The Kier molecular flexibility index (Phi) is 6.50. The maximum absolute atomic E-state index is 13.8. The minimum atomic E-state index is -4.02. The van der Waals surface area contributed by atoms with E-state index < -0.39 is 34.3 Å². The highest BCUT2D eigenvalue weighted by atomic mass is 32.2. The fraction of sp³-hybridized carbons (Fsp3) is 0.222. The maximum Gasteiger partial charge on any atom is 0.242 e. The number of nitrogens with zero attached hydrogens (tertiary/aromatic N) is 1. The van der Waals surface area contributed by atoms with Crippen LogP contribution in [0.1, 0.15) is 24.1 Å². The number of nitrogens with one attached hydrogen (secondary N) is 2. The standard InChI is InChI=1S/C18H18FN3O4S/c1-12(13-7-8-16(26-2)15(19)9-13)22-18(23)11-21-27(24,25)17-6-4-3-5-14(17)10-20/h3-9,12,21H,11H2,1-2H3,(H,22,23)/t12-/m0/s1. The first-order chi connectivity index (χ1) is 12.8. The van der Waals surface area contributed by atoms with Crippen LogP contribution in [-0.2, 0) is 14.8 Å². The summed E-state index contributed by atoms with van der Waals surface area (Å²) in [6.45, 7) is 1.11. The number of carbonyl (C=O) groups excluding carboxylic acids is 1. The summed E-state index contributed by atoms with van der Waals surface area (Å²) in [5.74, 6) is -1.08. The van der Waals surface area contributed by atoms with Crippen LogP contribution >= 0.6 is 0 Å². The van der Waals surface area contributed by atoms with Gasteiger partial charge in [-0.3, -0.25) is 4.79 Å². The lowest BCUT2D eigenvalue weighted by Gasteiger charge is -2.16. The monoisotopic (exact) mass is 391 g/mol. The van der Waals surface area contributed by atoms with Crippen molar-refractivity contribution in [1.29, 1.82) is 5.26 Å². The van der Waals surface area contributed by atoms with Gasteiger partial charge in [-0.25, -0.2) is 17.5 Å². The van der Waals surface area contributed by atoms with Crippen LogP contribution in [0.4, 0.5) is 4.39 Å². The minimum absolute atomic E-state index is 0.0208. The molecule has 2 N–H and O–H groups in total. The van der Waals surface area contributed by atoms with E-state index in [1.165, 1.54) is 37.4 Å². The van der Waals surface area contributed by atoms with Crippen molar-refractivity contribution >= 4 is 15.9 Å². The predicted octanol–water partition coefficient (Wildman–Crippen LogP) is 1.86. The molecule has 0 aliphatic carbocycles. The van der Waals surface area contributed by atoms with Crippen molar-refractivity contribution in [2.24, 2.45) is 0 Å². The molecule has 1 atom stereocenters. The van der Waals surface area contributed by atoms with Crippen LogP contribution in [0.2, 0.25) is 0 Å². The summed E-state index contributed by atoms with van der Waals surface area (Å²) in [7, 11) is -2.68. The van der Waals surface area contributed by atoms with Crippen molar-refractivity contribution in [3.05, 3.63) is 59.4 Å². The highest BCUT2D eigenvalue weighted by Gasteiger charge is 2.20. The first kappa shape index (κ1) is 20.4. The highest BCUT2D eigenvalue weighted by Crippen LogP contribution is 2.21. The van der Waals surface area contributed by atoms with Crippen molar-refractivity contribution in [1.82, 2.24) is 10.0 Å². The van der Waals surface area contributed by atoms with Gasteiger partial charge in [0.25, 0.3) is 0 Å². The van der Waals surface area contributed by atoms with E-state index in [1.54, 1.807) is 25.1 Å². The van der Waals surface area contributed by atoms with Crippen LogP contribution < -0.4 is 14.8 Å². The van der Waals surface area contributed by atoms with Crippen LogP contribution in [0.3, 0.4) is 0 Å². The van der Waals surface area contributed by atoms with Crippen LogP contribution in [0.5, 0.6) is 5.75 Å². The molecule has 142 valence electrons. The van der Waals surface area contributed by atoms with Crippen molar-refractivity contribution in [2.45, 2.75) is 17.9 Å². The summed E-state index contributed by atoms with van der Waals surface area (Å²) in [6, 6.07) is 11.2. The lowest BCUT2D eigenvalue weighted by molar-refractivity contribution is -0.120. The zero-order chi connectivity index (χ0) is 20.0. The molecular weight excluding hydrogens is 373 g/mol. The van der Waals surface area contributed by atoms with Crippen molar-refractivity contribution < 1.29 is 22.3 Å². The molecule has 7 nitrogen and oxygen atoms in total. The molecule has 0 aliphatic rings. The molecule has 1 amide bonds. The van der Waals surface area contributed by atoms with E-state index in [4.69, 9.17) is 10.00 Å². The number of benzene rings is 2. The van der Waals surface area contributed by atoms with E-state index in [-0.39, 0.29) is 16.2 Å². The van der Waals surface area contributed by atoms with Crippen LogP contribution in [0, 0.1) is 17.1 Å². The van der Waals surface area contributed by atoms with Crippen molar-refractivity contribution in [3.63, 3.8) is 0 Å². The normalized spacial score (nSPS) is 12.1.